The monoisotopic (exact) mass is 277 g/mol. The van der Waals surface area contributed by atoms with Crippen LogP contribution in [0.1, 0.15) is 73.6 Å². The second-order valence-electron chi connectivity index (χ2n) is 7.13. The lowest BCUT2D eigenvalue weighted by Gasteiger charge is -2.59. The molecule has 0 unspecified atom stereocenters. The SMILES string of the molecule is CC.CCN1CC[C@@]2(CCC(C)=C2C(C)C)[C@H]2CC[C@H]21. The third-order valence-electron chi connectivity index (χ3n) is 6.19. The molecule has 1 nitrogen and oxygen atoms in total. The van der Waals surface area contributed by atoms with Crippen LogP contribution in [-0.2, 0) is 0 Å². The van der Waals surface area contributed by atoms with Gasteiger partial charge in [-0.25, -0.2) is 0 Å². The van der Waals surface area contributed by atoms with Crippen molar-refractivity contribution in [3.63, 3.8) is 0 Å². The van der Waals surface area contributed by atoms with Crippen LogP contribution in [0.5, 0.6) is 0 Å². The van der Waals surface area contributed by atoms with Gasteiger partial charge < -0.3 is 4.90 Å². The molecule has 0 radical (unpaired) electrons. The molecule has 0 bridgehead atoms. The molecule has 1 heterocycles. The largest absolute Gasteiger partial charge is 0.300 e. The van der Waals surface area contributed by atoms with E-state index in [1.54, 1.807) is 5.57 Å². The number of rotatable bonds is 2. The first kappa shape index (κ1) is 16.1. The van der Waals surface area contributed by atoms with E-state index in [9.17, 15) is 0 Å². The molecule has 2 fully saturated rings. The minimum absolute atomic E-state index is 0.618. The van der Waals surface area contributed by atoms with Crippen molar-refractivity contribution in [2.45, 2.75) is 79.7 Å². The number of nitrogens with zero attached hydrogens (tertiary/aromatic N) is 1. The zero-order valence-corrected chi connectivity index (χ0v) is 14.6. The summed E-state index contributed by atoms with van der Waals surface area (Å²) in [6.45, 7) is 16.2. The normalized spacial score (nSPS) is 36.8. The van der Waals surface area contributed by atoms with Crippen LogP contribution >= 0.6 is 0 Å². The topological polar surface area (TPSA) is 3.24 Å². The number of fused-ring (bicyclic) bond motifs is 2. The lowest BCUT2D eigenvalue weighted by atomic mass is 9.54. The maximum Gasteiger partial charge on any atom is 0.0132 e. The van der Waals surface area contributed by atoms with Gasteiger partial charge in [0.1, 0.15) is 0 Å². The average Bonchev–Trinajstić information content (AvgIpc) is 2.71. The lowest BCUT2D eigenvalue weighted by Crippen LogP contribution is -2.59. The first-order valence-corrected chi connectivity index (χ1v) is 9.04. The van der Waals surface area contributed by atoms with Crippen molar-refractivity contribution in [3.8, 4) is 0 Å². The van der Waals surface area contributed by atoms with Crippen molar-refractivity contribution >= 4 is 0 Å². The fraction of sp³-hybridized carbons (Fsp3) is 0.895. The first-order valence-electron chi connectivity index (χ1n) is 9.04. The molecule has 0 N–H and O–H groups in total. The standard InChI is InChI=1S/C17H29N.C2H6/c1-5-18-11-10-17(14-6-7-15(14)18)9-8-13(4)16(17)12(2)3;1-2/h12,14-15H,5-11H2,1-4H3;1-2H3/t14-,15+,17-;/m0./s1. The Balaban J connectivity index is 0.000000704. The van der Waals surface area contributed by atoms with Crippen molar-refractivity contribution < 1.29 is 0 Å². The Morgan fingerprint density at radius 1 is 1.20 bits per heavy atom. The van der Waals surface area contributed by atoms with Crippen LogP contribution in [0.25, 0.3) is 0 Å². The Kier molecular flexibility index (Phi) is 5.00. The Morgan fingerprint density at radius 2 is 1.90 bits per heavy atom. The fourth-order valence-electron chi connectivity index (χ4n) is 5.47. The maximum absolute atomic E-state index is 2.75. The van der Waals surface area contributed by atoms with E-state index in [0.29, 0.717) is 5.41 Å². The van der Waals surface area contributed by atoms with E-state index in [-0.39, 0.29) is 0 Å². The second-order valence-corrected chi connectivity index (χ2v) is 7.13. The summed E-state index contributed by atoms with van der Waals surface area (Å²) in [5.41, 5.74) is 4.22. The molecule has 20 heavy (non-hydrogen) atoms. The maximum atomic E-state index is 2.75. The molecule has 0 aromatic carbocycles. The quantitative estimate of drug-likeness (QED) is 0.622. The molecule has 3 atom stereocenters. The minimum Gasteiger partial charge on any atom is -0.300 e. The van der Waals surface area contributed by atoms with Crippen LogP contribution in [-0.4, -0.2) is 24.0 Å². The van der Waals surface area contributed by atoms with E-state index in [2.05, 4.69) is 32.6 Å². The van der Waals surface area contributed by atoms with Crippen LogP contribution in [0.15, 0.2) is 11.1 Å². The van der Waals surface area contributed by atoms with E-state index in [4.69, 9.17) is 0 Å². The van der Waals surface area contributed by atoms with Crippen molar-refractivity contribution in [1.29, 1.82) is 0 Å². The van der Waals surface area contributed by atoms with Gasteiger partial charge in [-0.15, -0.1) is 0 Å². The summed E-state index contributed by atoms with van der Waals surface area (Å²) in [6, 6.07) is 0.920. The van der Waals surface area contributed by atoms with Gasteiger partial charge in [-0.3, -0.25) is 0 Å². The van der Waals surface area contributed by atoms with Crippen LogP contribution < -0.4 is 0 Å². The van der Waals surface area contributed by atoms with Gasteiger partial charge in [0.15, 0.2) is 0 Å². The highest BCUT2D eigenvalue weighted by atomic mass is 15.2. The summed E-state index contributed by atoms with van der Waals surface area (Å²) in [5, 5.41) is 0. The van der Waals surface area contributed by atoms with E-state index >= 15 is 0 Å². The molecule has 1 saturated heterocycles. The van der Waals surface area contributed by atoms with Crippen molar-refractivity contribution in [2.75, 3.05) is 13.1 Å². The predicted octanol–water partition coefficient (Wildman–Crippen LogP) is 5.27. The van der Waals surface area contributed by atoms with Gasteiger partial charge in [0.05, 0.1) is 0 Å². The predicted molar refractivity (Wildman–Crippen MR) is 88.9 cm³/mol. The molecule has 1 heteroatoms. The Bertz CT molecular complexity index is 368. The van der Waals surface area contributed by atoms with Gasteiger partial charge in [0.2, 0.25) is 0 Å². The van der Waals surface area contributed by atoms with Gasteiger partial charge in [0.25, 0.3) is 0 Å². The van der Waals surface area contributed by atoms with Crippen LogP contribution in [0, 0.1) is 17.3 Å². The zero-order chi connectivity index (χ0) is 14.9. The van der Waals surface area contributed by atoms with Crippen molar-refractivity contribution in [1.82, 2.24) is 4.90 Å². The molecule has 116 valence electrons. The fourth-order valence-corrected chi connectivity index (χ4v) is 5.47. The summed E-state index contributed by atoms with van der Waals surface area (Å²) in [7, 11) is 0. The number of hydrogen-bond acceptors (Lipinski definition) is 1. The summed E-state index contributed by atoms with van der Waals surface area (Å²) >= 11 is 0. The van der Waals surface area contributed by atoms with Gasteiger partial charge >= 0.3 is 0 Å². The van der Waals surface area contributed by atoms with Gasteiger partial charge in [-0.05, 0) is 69.4 Å². The molecule has 3 aliphatic rings. The van der Waals surface area contributed by atoms with Crippen LogP contribution in [0.3, 0.4) is 0 Å². The summed E-state index contributed by atoms with van der Waals surface area (Å²) in [5.74, 6) is 1.75. The highest BCUT2D eigenvalue weighted by Gasteiger charge is 2.55. The molecular weight excluding hydrogens is 242 g/mol. The zero-order valence-electron chi connectivity index (χ0n) is 14.6. The molecule has 0 amide bonds. The second kappa shape index (κ2) is 6.22. The molecule has 0 aromatic heterocycles. The van der Waals surface area contributed by atoms with Gasteiger partial charge in [-0.1, -0.05) is 45.8 Å². The van der Waals surface area contributed by atoms with Crippen molar-refractivity contribution in [3.05, 3.63) is 11.1 Å². The van der Waals surface area contributed by atoms with Gasteiger partial charge in [-0.2, -0.15) is 0 Å². The molecule has 1 saturated carbocycles. The molecule has 0 aromatic rings. The van der Waals surface area contributed by atoms with E-state index < -0.39 is 0 Å². The molecule has 3 rings (SSSR count). The highest BCUT2D eigenvalue weighted by molar-refractivity contribution is 5.32. The number of allylic oxidation sites excluding steroid dienone is 2. The summed E-state index contributed by atoms with van der Waals surface area (Å²) < 4.78 is 0. The van der Waals surface area contributed by atoms with Crippen molar-refractivity contribution in [2.24, 2.45) is 17.3 Å². The lowest BCUT2D eigenvalue weighted by molar-refractivity contribution is -0.0612. The van der Waals surface area contributed by atoms with Gasteiger partial charge in [0, 0.05) is 6.04 Å². The minimum atomic E-state index is 0.618. The highest BCUT2D eigenvalue weighted by Crippen LogP contribution is 2.61. The molecule has 2 aliphatic carbocycles. The van der Waals surface area contributed by atoms with Crippen LogP contribution in [0.2, 0.25) is 0 Å². The Labute approximate surface area is 126 Å². The Morgan fingerprint density at radius 3 is 2.40 bits per heavy atom. The smallest absolute Gasteiger partial charge is 0.0132 e. The number of hydrogen-bond donors (Lipinski definition) is 0. The summed E-state index contributed by atoms with van der Waals surface area (Å²) in [6.07, 6.45) is 7.23. The number of likely N-dealkylation sites (tertiary alicyclic amines) is 1. The third kappa shape index (κ3) is 2.26. The van der Waals surface area contributed by atoms with Crippen LogP contribution in [0.4, 0.5) is 0 Å². The third-order valence-corrected chi connectivity index (χ3v) is 6.19. The average molecular weight is 277 g/mol. The Hall–Kier alpha value is -0.300. The van der Waals surface area contributed by atoms with E-state index in [1.165, 1.54) is 45.2 Å². The first-order chi connectivity index (χ1) is 9.60. The molecule has 1 spiro atoms. The molecular formula is C19H35N. The number of piperidine rings is 1. The molecule has 1 aliphatic heterocycles. The van der Waals surface area contributed by atoms with E-state index in [1.807, 2.05) is 19.4 Å². The van der Waals surface area contributed by atoms with E-state index in [0.717, 1.165) is 17.9 Å². The summed E-state index contributed by atoms with van der Waals surface area (Å²) in [4.78, 5) is 2.75.